The van der Waals surface area contributed by atoms with Crippen LogP contribution in [0.5, 0.6) is 5.75 Å². The van der Waals surface area contributed by atoms with Crippen LogP contribution in [0.25, 0.3) is 0 Å². The Hall–Kier alpha value is -2.49. The fourth-order valence-corrected chi connectivity index (χ4v) is 5.35. The molecule has 0 unspecified atom stereocenters. The van der Waals surface area contributed by atoms with E-state index in [0.717, 1.165) is 9.87 Å². The van der Waals surface area contributed by atoms with Gasteiger partial charge in [0.15, 0.2) is 0 Å². The Morgan fingerprint density at radius 3 is 2.59 bits per heavy atom. The van der Waals surface area contributed by atoms with Crippen molar-refractivity contribution in [3.05, 3.63) is 69.8 Å². The minimum absolute atomic E-state index is 0.0926. The zero-order valence-corrected chi connectivity index (χ0v) is 17.1. The minimum Gasteiger partial charge on any atom is -0.497 e. The van der Waals surface area contributed by atoms with Gasteiger partial charge < -0.3 is 9.84 Å². The van der Waals surface area contributed by atoms with E-state index in [2.05, 4.69) is 0 Å². The smallest absolute Gasteiger partial charge is 0.245 e. The summed E-state index contributed by atoms with van der Waals surface area (Å²) in [4.78, 5) is 10.9. The predicted molar refractivity (Wildman–Crippen MR) is 107 cm³/mol. The van der Waals surface area contributed by atoms with E-state index < -0.39 is 39.6 Å². The van der Waals surface area contributed by atoms with Crippen LogP contribution in [0.15, 0.2) is 53.4 Å². The molecule has 1 aliphatic heterocycles. The molecular weight excluding hydrogens is 396 g/mol. The van der Waals surface area contributed by atoms with Crippen molar-refractivity contribution in [1.29, 1.82) is 0 Å². The third-order valence-corrected chi connectivity index (χ3v) is 7.26. The summed E-state index contributed by atoms with van der Waals surface area (Å²) in [6.07, 6.45) is -1.03. The van der Waals surface area contributed by atoms with Gasteiger partial charge in [-0.3, -0.25) is 10.1 Å². The second-order valence-electron chi connectivity index (χ2n) is 7.19. The number of rotatable bonds is 7. The number of aliphatic hydroxyl groups is 1. The average Bonchev–Trinajstić information content (AvgIpc) is 3.08. The van der Waals surface area contributed by atoms with Crippen LogP contribution in [0.1, 0.15) is 23.5 Å². The molecule has 0 aromatic heterocycles. The van der Waals surface area contributed by atoms with Gasteiger partial charge in [-0.2, -0.15) is 4.31 Å². The predicted octanol–water partition coefficient (Wildman–Crippen LogP) is 2.39. The molecule has 1 saturated heterocycles. The molecule has 156 valence electrons. The number of ether oxygens (including phenoxy) is 1. The number of hydrogen-bond donors (Lipinski definition) is 1. The quantitative estimate of drug-likeness (QED) is 0.544. The maximum Gasteiger partial charge on any atom is 0.245 e. The first-order chi connectivity index (χ1) is 13.7. The van der Waals surface area contributed by atoms with Crippen molar-refractivity contribution >= 4 is 10.0 Å². The Kier molecular flexibility index (Phi) is 6.21. The summed E-state index contributed by atoms with van der Waals surface area (Å²) in [5.74, 6) is -0.700. The Bertz CT molecular complexity index is 977. The lowest BCUT2D eigenvalue weighted by Crippen LogP contribution is -2.40. The number of aryl methyl sites for hydroxylation is 1. The molecule has 0 radical (unpaired) electrons. The van der Waals surface area contributed by atoms with Crippen LogP contribution in [-0.2, 0) is 10.0 Å². The maximum absolute atomic E-state index is 13.0. The van der Waals surface area contributed by atoms with Crippen LogP contribution in [0.2, 0.25) is 0 Å². The van der Waals surface area contributed by atoms with Gasteiger partial charge in [-0.25, -0.2) is 8.42 Å². The van der Waals surface area contributed by atoms with Crippen molar-refractivity contribution in [2.24, 2.45) is 5.92 Å². The van der Waals surface area contributed by atoms with Crippen molar-refractivity contribution in [3.8, 4) is 5.75 Å². The van der Waals surface area contributed by atoms with E-state index in [1.54, 1.807) is 36.4 Å². The fraction of sp³-hybridized carbons (Fsp3) is 0.400. The van der Waals surface area contributed by atoms with E-state index in [4.69, 9.17) is 4.74 Å². The molecule has 2 aromatic carbocycles. The van der Waals surface area contributed by atoms with Crippen LogP contribution < -0.4 is 4.74 Å². The summed E-state index contributed by atoms with van der Waals surface area (Å²) < 4.78 is 32.2. The van der Waals surface area contributed by atoms with Gasteiger partial charge in [0.1, 0.15) is 12.0 Å². The summed E-state index contributed by atoms with van der Waals surface area (Å²) in [6.45, 7) is 1.54. The average molecular weight is 420 g/mol. The van der Waals surface area contributed by atoms with Crippen LogP contribution in [0.4, 0.5) is 0 Å². The number of methoxy groups -OCH3 is 1. The second kappa shape index (κ2) is 8.48. The lowest BCUT2D eigenvalue weighted by atomic mass is 9.84. The highest BCUT2D eigenvalue weighted by atomic mass is 32.2. The molecule has 3 atom stereocenters. The second-order valence-corrected chi connectivity index (χ2v) is 9.08. The standard InChI is InChI=1S/C20H24N2O6S/c1-14-6-8-17(9-7-14)29(26,27)21-11-10-18(20(21)23)19(13-22(24)25)15-4-3-5-16(12-15)28-2/h3-9,12,18-20,23H,10-11,13H2,1-2H3/t18-,19-,20+/m1/s1. The zero-order chi connectivity index (χ0) is 21.2. The molecule has 29 heavy (non-hydrogen) atoms. The molecular formula is C20H24N2O6S. The van der Waals surface area contributed by atoms with Crippen LogP contribution in [0, 0.1) is 23.0 Å². The fourth-order valence-electron chi connectivity index (χ4n) is 3.81. The maximum atomic E-state index is 13.0. The van der Waals surface area contributed by atoms with Gasteiger partial charge in [0.2, 0.25) is 16.6 Å². The van der Waals surface area contributed by atoms with E-state index in [1.807, 2.05) is 6.92 Å². The van der Waals surface area contributed by atoms with Gasteiger partial charge in [0.05, 0.1) is 17.9 Å². The Balaban J connectivity index is 1.91. The third kappa shape index (κ3) is 4.42. The Labute approximate surface area is 169 Å². The Morgan fingerprint density at radius 1 is 1.28 bits per heavy atom. The molecule has 0 aliphatic carbocycles. The van der Waals surface area contributed by atoms with Gasteiger partial charge >= 0.3 is 0 Å². The third-order valence-electron chi connectivity index (χ3n) is 5.37. The largest absolute Gasteiger partial charge is 0.497 e. The van der Waals surface area contributed by atoms with E-state index in [1.165, 1.54) is 19.2 Å². The SMILES string of the molecule is COc1cccc([C@@H](C[N+](=O)[O-])[C@H]2CCN(S(=O)(=O)c3ccc(C)cc3)[C@H]2O)c1. The van der Waals surface area contributed by atoms with Crippen LogP contribution in [0.3, 0.4) is 0 Å². The summed E-state index contributed by atoms with van der Waals surface area (Å²) in [7, 11) is -2.40. The molecule has 0 spiro atoms. The number of aliphatic hydroxyl groups excluding tert-OH is 1. The van der Waals surface area contributed by atoms with Gasteiger partial charge in [-0.1, -0.05) is 29.8 Å². The van der Waals surface area contributed by atoms with Gasteiger partial charge in [0, 0.05) is 17.4 Å². The molecule has 0 amide bonds. The van der Waals surface area contributed by atoms with Crippen molar-refractivity contribution in [1.82, 2.24) is 4.31 Å². The number of nitrogens with zero attached hydrogens (tertiary/aromatic N) is 2. The summed E-state index contributed by atoms with van der Waals surface area (Å²) in [5, 5.41) is 22.2. The highest BCUT2D eigenvalue weighted by Crippen LogP contribution is 2.39. The lowest BCUT2D eigenvalue weighted by Gasteiger charge is -2.27. The molecule has 9 heteroatoms. The molecule has 2 aromatic rings. The molecule has 1 aliphatic rings. The molecule has 1 fully saturated rings. The number of sulfonamides is 1. The van der Waals surface area contributed by atoms with Crippen LogP contribution >= 0.6 is 0 Å². The topological polar surface area (TPSA) is 110 Å². The van der Waals surface area contributed by atoms with Crippen LogP contribution in [-0.4, -0.2) is 49.2 Å². The van der Waals surface area contributed by atoms with E-state index in [9.17, 15) is 23.6 Å². The summed E-state index contributed by atoms with van der Waals surface area (Å²) >= 11 is 0. The summed E-state index contributed by atoms with van der Waals surface area (Å²) in [6, 6.07) is 13.3. The van der Waals surface area contributed by atoms with E-state index >= 15 is 0 Å². The number of nitro groups is 1. The van der Waals surface area contributed by atoms with Crippen molar-refractivity contribution in [3.63, 3.8) is 0 Å². The normalized spacial score (nSPS) is 21.1. The van der Waals surface area contributed by atoms with E-state index in [0.29, 0.717) is 17.7 Å². The van der Waals surface area contributed by atoms with Gasteiger partial charge in [-0.05, 0) is 43.2 Å². The minimum atomic E-state index is -3.91. The summed E-state index contributed by atoms with van der Waals surface area (Å²) in [5.41, 5.74) is 1.56. The van der Waals surface area contributed by atoms with Gasteiger partial charge in [0.25, 0.3) is 0 Å². The van der Waals surface area contributed by atoms with Crippen molar-refractivity contribution < 1.29 is 23.2 Å². The highest BCUT2D eigenvalue weighted by molar-refractivity contribution is 7.89. The first-order valence-corrected chi connectivity index (χ1v) is 10.7. The molecule has 1 N–H and O–H groups in total. The lowest BCUT2D eigenvalue weighted by molar-refractivity contribution is -0.485. The van der Waals surface area contributed by atoms with Crippen molar-refractivity contribution in [2.75, 3.05) is 20.2 Å². The first-order valence-electron chi connectivity index (χ1n) is 9.26. The van der Waals surface area contributed by atoms with Crippen molar-refractivity contribution in [2.45, 2.75) is 30.4 Å². The molecule has 3 rings (SSSR count). The molecule has 1 heterocycles. The zero-order valence-electron chi connectivity index (χ0n) is 16.3. The Morgan fingerprint density at radius 2 is 1.97 bits per heavy atom. The monoisotopic (exact) mass is 420 g/mol. The van der Waals surface area contributed by atoms with Gasteiger partial charge in [-0.15, -0.1) is 0 Å². The number of benzene rings is 2. The first kappa shape index (κ1) is 21.2. The molecule has 8 nitrogen and oxygen atoms in total. The molecule has 0 bridgehead atoms. The van der Waals surface area contributed by atoms with E-state index in [-0.39, 0.29) is 11.4 Å². The highest BCUT2D eigenvalue weighted by Gasteiger charge is 2.45. The number of hydrogen-bond acceptors (Lipinski definition) is 6. The molecule has 0 saturated carbocycles.